The Balaban J connectivity index is 1.75. The number of thioether (sulfide) groups is 1. The molecule has 0 saturated carbocycles. The van der Waals surface area contributed by atoms with Gasteiger partial charge in [-0.2, -0.15) is 13.2 Å². The van der Waals surface area contributed by atoms with Crippen LogP contribution in [0.3, 0.4) is 0 Å². The summed E-state index contributed by atoms with van der Waals surface area (Å²) < 4.78 is 47.4. The van der Waals surface area contributed by atoms with Gasteiger partial charge in [0.25, 0.3) is 0 Å². The van der Waals surface area contributed by atoms with E-state index in [-0.39, 0.29) is 16.9 Å². The van der Waals surface area contributed by atoms with Gasteiger partial charge in [-0.15, -0.1) is 20.4 Å². The first kappa shape index (κ1) is 23.3. The van der Waals surface area contributed by atoms with Gasteiger partial charge in [0.2, 0.25) is 11.8 Å². The summed E-state index contributed by atoms with van der Waals surface area (Å²) in [6.45, 7) is 5.87. The molecule has 0 saturated heterocycles. The van der Waals surface area contributed by atoms with Crippen LogP contribution in [0.5, 0.6) is 0 Å². The van der Waals surface area contributed by atoms with E-state index in [0.29, 0.717) is 33.3 Å². The van der Waals surface area contributed by atoms with Crippen molar-refractivity contribution >= 4 is 23.4 Å². The number of benzene rings is 2. The molecule has 11 heteroatoms. The third-order valence-corrected chi connectivity index (χ3v) is 5.86. The highest BCUT2D eigenvalue weighted by molar-refractivity contribution is 7.98. The predicted octanol–water partition coefficient (Wildman–Crippen LogP) is 6.58. The molecule has 0 radical (unpaired) electrons. The number of alkyl halides is 3. The maximum Gasteiger partial charge on any atom is 0.416 e. The van der Waals surface area contributed by atoms with Crippen molar-refractivity contribution in [2.45, 2.75) is 43.3 Å². The Kier molecular flexibility index (Phi) is 6.24. The highest BCUT2D eigenvalue weighted by Gasteiger charge is 2.31. The zero-order valence-corrected chi connectivity index (χ0v) is 19.5. The molecule has 172 valence electrons. The molecule has 0 fully saturated rings. The van der Waals surface area contributed by atoms with E-state index < -0.39 is 11.7 Å². The Morgan fingerprint density at radius 1 is 0.970 bits per heavy atom. The number of rotatable bonds is 5. The van der Waals surface area contributed by atoms with Gasteiger partial charge in [0, 0.05) is 11.0 Å². The summed E-state index contributed by atoms with van der Waals surface area (Å²) in [7, 11) is 0. The van der Waals surface area contributed by atoms with Gasteiger partial charge in [0.05, 0.1) is 22.0 Å². The summed E-state index contributed by atoms with van der Waals surface area (Å²) in [6.07, 6.45) is -4.49. The van der Waals surface area contributed by atoms with E-state index in [1.807, 2.05) is 20.8 Å². The molecule has 2 aromatic heterocycles. The fourth-order valence-corrected chi connectivity index (χ4v) is 3.98. The SMILES string of the molecule is CC(C)(C)c1nnc(CSc2nnc(-c3ccccc3Cl)n2-c2cccc(C(F)(F)F)c2)o1. The maximum atomic E-state index is 13.4. The molecule has 0 bridgehead atoms. The lowest BCUT2D eigenvalue weighted by atomic mass is 9.97. The Labute approximate surface area is 197 Å². The van der Waals surface area contributed by atoms with Crippen molar-refractivity contribution in [1.82, 2.24) is 25.0 Å². The van der Waals surface area contributed by atoms with Crippen LogP contribution in [0.25, 0.3) is 17.1 Å². The molecule has 2 aromatic carbocycles. The van der Waals surface area contributed by atoms with Gasteiger partial charge in [-0.05, 0) is 30.3 Å². The third kappa shape index (κ3) is 5.06. The lowest BCUT2D eigenvalue weighted by molar-refractivity contribution is -0.137. The quantitative estimate of drug-likeness (QED) is 0.292. The molecule has 4 aromatic rings. The second-order valence-electron chi connectivity index (χ2n) is 8.21. The van der Waals surface area contributed by atoms with Crippen LogP contribution in [-0.2, 0) is 17.3 Å². The van der Waals surface area contributed by atoms with Crippen LogP contribution in [0, 0.1) is 0 Å². The van der Waals surface area contributed by atoms with Gasteiger partial charge in [-0.3, -0.25) is 4.57 Å². The average molecular weight is 494 g/mol. The Hall–Kier alpha value is -2.85. The molecule has 0 atom stereocenters. The second-order valence-corrected chi connectivity index (χ2v) is 9.56. The van der Waals surface area contributed by atoms with Gasteiger partial charge < -0.3 is 4.42 Å². The molecule has 0 aliphatic rings. The van der Waals surface area contributed by atoms with Crippen molar-refractivity contribution in [3.8, 4) is 17.1 Å². The first-order valence-corrected chi connectivity index (χ1v) is 11.2. The van der Waals surface area contributed by atoms with Crippen molar-refractivity contribution in [1.29, 1.82) is 0 Å². The minimum absolute atomic E-state index is 0.258. The van der Waals surface area contributed by atoms with Crippen molar-refractivity contribution < 1.29 is 17.6 Å². The molecule has 0 aliphatic heterocycles. The van der Waals surface area contributed by atoms with Crippen LogP contribution < -0.4 is 0 Å². The van der Waals surface area contributed by atoms with E-state index in [2.05, 4.69) is 20.4 Å². The normalized spacial score (nSPS) is 12.3. The molecule has 0 spiro atoms. The van der Waals surface area contributed by atoms with E-state index in [0.717, 1.165) is 12.1 Å². The van der Waals surface area contributed by atoms with Gasteiger partial charge >= 0.3 is 6.18 Å². The number of hydrogen-bond acceptors (Lipinski definition) is 6. The minimum atomic E-state index is -4.49. The summed E-state index contributed by atoms with van der Waals surface area (Å²) in [5, 5.41) is 17.3. The highest BCUT2D eigenvalue weighted by atomic mass is 35.5. The number of aromatic nitrogens is 5. The fraction of sp³-hybridized carbons (Fsp3) is 0.273. The summed E-state index contributed by atoms with van der Waals surface area (Å²) in [5.41, 5.74) is -0.274. The Bertz CT molecular complexity index is 1280. The van der Waals surface area contributed by atoms with Crippen LogP contribution in [0.2, 0.25) is 5.02 Å². The smallest absolute Gasteiger partial charge is 0.416 e. The number of halogens is 4. The maximum absolute atomic E-state index is 13.4. The van der Waals surface area contributed by atoms with Gasteiger partial charge in [-0.25, -0.2) is 0 Å². The summed E-state index contributed by atoms with van der Waals surface area (Å²) in [6, 6.07) is 11.9. The summed E-state index contributed by atoms with van der Waals surface area (Å²) >= 11 is 7.57. The molecule has 33 heavy (non-hydrogen) atoms. The topological polar surface area (TPSA) is 69.6 Å². The zero-order valence-electron chi connectivity index (χ0n) is 17.9. The van der Waals surface area contributed by atoms with Crippen LogP contribution in [0.4, 0.5) is 13.2 Å². The molecule has 0 amide bonds. The lowest BCUT2D eigenvalue weighted by Gasteiger charge is -2.13. The van der Waals surface area contributed by atoms with Crippen LogP contribution in [0.1, 0.15) is 38.1 Å². The van der Waals surface area contributed by atoms with Crippen molar-refractivity contribution in [3.63, 3.8) is 0 Å². The third-order valence-electron chi connectivity index (χ3n) is 4.61. The van der Waals surface area contributed by atoms with E-state index in [1.54, 1.807) is 34.9 Å². The summed E-state index contributed by atoms with van der Waals surface area (Å²) in [4.78, 5) is 0. The lowest BCUT2D eigenvalue weighted by Crippen LogP contribution is -2.11. The standard InChI is InChI=1S/C22H19ClF3N5OS/c1-21(2,3)19-29-27-17(32-19)12-33-20-30-28-18(15-9-4-5-10-16(15)23)31(20)14-8-6-7-13(11-14)22(24,25)26/h4-11H,12H2,1-3H3. The van der Waals surface area contributed by atoms with Gasteiger partial charge in [0.15, 0.2) is 11.0 Å². The van der Waals surface area contributed by atoms with Crippen LogP contribution in [-0.4, -0.2) is 25.0 Å². The van der Waals surface area contributed by atoms with E-state index in [1.165, 1.54) is 17.8 Å². The van der Waals surface area contributed by atoms with E-state index >= 15 is 0 Å². The van der Waals surface area contributed by atoms with E-state index in [4.69, 9.17) is 16.0 Å². The van der Waals surface area contributed by atoms with Gasteiger partial charge in [0.1, 0.15) is 0 Å². The number of nitrogens with zero attached hydrogens (tertiary/aromatic N) is 5. The molecular weight excluding hydrogens is 475 g/mol. The molecule has 0 aliphatic carbocycles. The minimum Gasteiger partial charge on any atom is -0.424 e. The fourth-order valence-electron chi connectivity index (χ4n) is 2.98. The highest BCUT2D eigenvalue weighted by Crippen LogP contribution is 2.35. The van der Waals surface area contributed by atoms with E-state index in [9.17, 15) is 13.2 Å². The second kappa shape index (κ2) is 8.83. The molecule has 6 nitrogen and oxygen atoms in total. The molecular formula is C22H19ClF3N5OS. The van der Waals surface area contributed by atoms with Crippen molar-refractivity contribution in [3.05, 3.63) is 70.9 Å². The monoisotopic (exact) mass is 493 g/mol. The first-order valence-electron chi connectivity index (χ1n) is 9.87. The number of hydrogen-bond donors (Lipinski definition) is 0. The van der Waals surface area contributed by atoms with Crippen molar-refractivity contribution in [2.75, 3.05) is 0 Å². The van der Waals surface area contributed by atoms with Crippen molar-refractivity contribution in [2.24, 2.45) is 0 Å². The largest absolute Gasteiger partial charge is 0.424 e. The molecule has 0 N–H and O–H groups in total. The van der Waals surface area contributed by atoms with Crippen LogP contribution in [0.15, 0.2) is 58.1 Å². The molecule has 2 heterocycles. The predicted molar refractivity (Wildman–Crippen MR) is 119 cm³/mol. The van der Waals surface area contributed by atoms with Crippen LogP contribution >= 0.6 is 23.4 Å². The zero-order chi connectivity index (χ0) is 23.8. The van der Waals surface area contributed by atoms with Gasteiger partial charge in [-0.1, -0.05) is 62.3 Å². The first-order chi connectivity index (χ1) is 15.5. The Morgan fingerprint density at radius 2 is 1.73 bits per heavy atom. The molecule has 4 rings (SSSR count). The average Bonchev–Trinajstić information content (AvgIpc) is 3.39. The molecule has 0 unspecified atom stereocenters. The Morgan fingerprint density at radius 3 is 2.39 bits per heavy atom. The summed E-state index contributed by atoms with van der Waals surface area (Å²) in [5.74, 6) is 1.46.